The standard InChI is InChI=1S/C32H27ClN4O8S3/c33-27-16-21-28(40)37(48(34)30(21)47-27)8-10-43-12-11-42-9-7-35-31(46)36-17-1-4-22-20(13-17)29(41)45-32(22)23-5-2-18(38)14-25(23)44-26-15-19(39)3-6-24(26)32/h1-6,13-16,34H,7-12H2,(H4,35,36,38,39,46)/p+1. The molecule has 4 aromatic rings. The van der Waals surface area contributed by atoms with Crippen LogP contribution in [0.2, 0.25) is 4.34 Å². The molecule has 0 saturated heterocycles. The van der Waals surface area contributed by atoms with Crippen molar-refractivity contribution >= 4 is 68.7 Å². The Labute approximate surface area is 291 Å². The summed E-state index contributed by atoms with van der Waals surface area (Å²) in [5.74, 6) is -0.0845. The van der Waals surface area contributed by atoms with E-state index in [1.807, 2.05) is 0 Å². The number of carbonyl (C=O) groups is 2. The maximum absolute atomic E-state index is 13.3. The highest BCUT2D eigenvalue weighted by Gasteiger charge is 2.53. The van der Waals surface area contributed by atoms with Crippen molar-refractivity contribution < 1.29 is 42.7 Å². The SMILES string of the molecule is NS1=[N+](CCOCCOCCNC(=S)Nc2ccc3c(c2)C(=O)OC32c3ccc(O)cc3Oc3cc(O)ccc32)C(=O)c2cc(Cl)sc21. The summed E-state index contributed by atoms with van der Waals surface area (Å²) in [6, 6.07) is 16.1. The van der Waals surface area contributed by atoms with Gasteiger partial charge in [0.05, 0.1) is 29.7 Å². The molecule has 3 aliphatic rings. The van der Waals surface area contributed by atoms with Gasteiger partial charge in [0.15, 0.2) is 28.1 Å². The second-order valence-corrected chi connectivity index (χ2v) is 14.7. The van der Waals surface area contributed by atoms with Crippen LogP contribution in [0, 0.1) is 0 Å². The molecule has 6 N–H and O–H groups in total. The first-order chi connectivity index (χ1) is 23.2. The molecule has 1 unspecified atom stereocenters. The van der Waals surface area contributed by atoms with Gasteiger partial charge in [0.25, 0.3) is 0 Å². The predicted octanol–water partition coefficient (Wildman–Crippen LogP) is 4.60. The lowest BCUT2D eigenvalue weighted by atomic mass is 9.77. The van der Waals surface area contributed by atoms with Crippen molar-refractivity contribution in [2.75, 3.05) is 44.8 Å². The Morgan fingerprint density at radius 2 is 1.60 bits per heavy atom. The molecule has 0 aliphatic carbocycles. The molecule has 0 bridgehead atoms. The van der Waals surface area contributed by atoms with Crippen molar-refractivity contribution in [2.45, 2.75) is 9.81 Å². The zero-order valence-electron chi connectivity index (χ0n) is 25.0. The number of nitrogens with two attached hydrogens (primary N) is 1. The van der Waals surface area contributed by atoms with E-state index in [1.165, 1.54) is 35.6 Å². The Hall–Kier alpha value is -4.09. The number of halogens is 1. The van der Waals surface area contributed by atoms with E-state index < -0.39 is 22.4 Å². The molecule has 12 nitrogen and oxygen atoms in total. The molecule has 1 amide bonds. The van der Waals surface area contributed by atoms with E-state index in [9.17, 15) is 19.8 Å². The lowest BCUT2D eigenvalue weighted by Crippen LogP contribution is -2.33. The quantitative estimate of drug-likeness (QED) is 0.0669. The molecule has 248 valence electrons. The molecule has 1 atom stereocenters. The number of thiophene rings is 1. The van der Waals surface area contributed by atoms with Crippen molar-refractivity contribution in [3.05, 3.63) is 92.8 Å². The minimum absolute atomic E-state index is 0.0154. The van der Waals surface area contributed by atoms with Crippen LogP contribution in [0.25, 0.3) is 0 Å². The van der Waals surface area contributed by atoms with Gasteiger partial charge >= 0.3 is 11.9 Å². The maximum Gasteiger partial charge on any atom is 0.430 e. The third-order valence-corrected chi connectivity index (χ3v) is 11.4. The molecule has 0 fully saturated rings. The van der Waals surface area contributed by atoms with Crippen LogP contribution >= 0.6 is 35.2 Å². The molecule has 1 aromatic heterocycles. The van der Waals surface area contributed by atoms with Crippen molar-refractivity contribution in [1.29, 1.82) is 0 Å². The third kappa shape index (κ3) is 5.81. The Kier molecular flexibility index (Phi) is 8.84. The number of thiocarbonyl (C=S) groups is 1. The number of benzene rings is 3. The fourth-order valence-corrected chi connectivity index (χ4v) is 9.15. The first-order valence-corrected chi connectivity index (χ1v) is 17.5. The van der Waals surface area contributed by atoms with Gasteiger partial charge in [0, 0.05) is 41.1 Å². The van der Waals surface area contributed by atoms with Crippen molar-refractivity contribution in [3.8, 4) is 23.0 Å². The van der Waals surface area contributed by atoms with Gasteiger partial charge in [-0.15, -0.1) is 15.3 Å². The summed E-state index contributed by atoms with van der Waals surface area (Å²) < 4.78 is 26.3. The van der Waals surface area contributed by atoms with Crippen LogP contribution in [0.15, 0.2) is 64.9 Å². The molecule has 4 heterocycles. The van der Waals surface area contributed by atoms with E-state index in [0.717, 1.165) is 4.21 Å². The molecule has 0 radical (unpaired) electrons. The molecule has 3 aliphatic heterocycles. The van der Waals surface area contributed by atoms with Crippen LogP contribution in [0.1, 0.15) is 37.4 Å². The lowest BCUT2D eigenvalue weighted by molar-refractivity contribution is -0.405. The second kappa shape index (κ2) is 13.1. The van der Waals surface area contributed by atoms with Gasteiger partial charge in [-0.3, -0.25) is 0 Å². The molecule has 7 rings (SSSR count). The fraction of sp³-hybridized carbons (Fsp3) is 0.219. The lowest BCUT2D eigenvalue weighted by Gasteiger charge is -2.36. The minimum Gasteiger partial charge on any atom is -0.508 e. The van der Waals surface area contributed by atoms with Gasteiger partial charge in [-0.2, -0.15) is 0 Å². The minimum atomic E-state index is -1.34. The van der Waals surface area contributed by atoms with Crippen molar-refractivity contribution in [2.24, 2.45) is 5.14 Å². The van der Waals surface area contributed by atoms with Gasteiger partial charge in [0.2, 0.25) is 0 Å². The van der Waals surface area contributed by atoms with Gasteiger partial charge in [-0.1, -0.05) is 17.7 Å². The largest absolute Gasteiger partial charge is 0.508 e. The van der Waals surface area contributed by atoms with Gasteiger partial charge in [-0.05, 0) is 54.7 Å². The number of fused-ring (bicyclic) bond motifs is 7. The molecule has 3 aromatic carbocycles. The first-order valence-electron chi connectivity index (χ1n) is 14.7. The molecular weight excluding hydrogens is 700 g/mol. The summed E-state index contributed by atoms with van der Waals surface area (Å²) in [4.78, 5) is 25.8. The van der Waals surface area contributed by atoms with Gasteiger partial charge in [0.1, 0.15) is 39.4 Å². The topological polar surface area (TPSA) is 165 Å². The Morgan fingerprint density at radius 1 is 0.938 bits per heavy atom. The van der Waals surface area contributed by atoms with Crippen LogP contribution in [-0.4, -0.2) is 70.7 Å². The van der Waals surface area contributed by atoms with E-state index >= 15 is 0 Å². The highest BCUT2D eigenvalue weighted by atomic mass is 35.5. The molecule has 48 heavy (non-hydrogen) atoms. The number of esters is 1. The average Bonchev–Trinajstić information content (AvgIpc) is 3.65. The normalized spacial score (nSPS) is 16.5. The summed E-state index contributed by atoms with van der Waals surface area (Å²) in [7, 11) is -0.810. The molecule has 0 saturated carbocycles. The van der Waals surface area contributed by atoms with Crippen molar-refractivity contribution in [1.82, 2.24) is 5.32 Å². The summed E-state index contributed by atoms with van der Waals surface area (Å²) in [6.45, 7) is 2.22. The Bertz CT molecular complexity index is 1980. The highest BCUT2D eigenvalue weighted by Crippen LogP contribution is 2.57. The zero-order valence-corrected chi connectivity index (χ0v) is 28.2. The molecule has 16 heteroatoms. The summed E-state index contributed by atoms with van der Waals surface area (Å²) in [5.41, 5.74) is 1.83. The predicted molar refractivity (Wildman–Crippen MR) is 182 cm³/mol. The average molecular weight is 728 g/mol. The number of aromatic hydroxyl groups is 2. The fourth-order valence-electron chi connectivity index (χ4n) is 5.84. The van der Waals surface area contributed by atoms with E-state index in [-0.39, 0.29) is 17.4 Å². The number of hydrogen-bond donors (Lipinski definition) is 5. The van der Waals surface area contributed by atoms with Crippen molar-refractivity contribution in [3.63, 3.8) is 0 Å². The summed E-state index contributed by atoms with van der Waals surface area (Å²) in [6.07, 6.45) is 0. The number of anilines is 1. The third-order valence-electron chi connectivity index (χ3n) is 7.93. The van der Waals surface area contributed by atoms with Crippen LogP contribution in [0.4, 0.5) is 5.69 Å². The summed E-state index contributed by atoms with van der Waals surface area (Å²) >= 11 is 12.8. The van der Waals surface area contributed by atoms with Crippen LogP contribution in [-0.2, 0) is 30.7 Å². The molecule has 1 spiro atoms. The van der Waals surface area contributed by atoms with E-state index in [4.69, 9.17) is 47.9 Å². The molecular formula is C32H28ClN4O8S3+. The first kappa shape index (κ1) is 32.5. The van der Waals surface area contributed by atoms with E-state index in [0.29, 0.717) is 94.0 Å². The number of phenolic OH excluding ortho intramolecular Hbond substituents is 2. The number of nitrogens with one attached hydrogen (secondary N) is 2. The van der Waals surface area contributed by atoms with Crippen LogP contribution < -0.4 is 20.5 Å². The van der Waals surface area contributed by atoms with E-state index in [1.54, 1.807) is 40.3 Å². The highest BCUT2D eigenvalue weighted by molar-refractivity contribution is 7.85. The second-order valence-electron chi connectivity index (χ2n) is 10.9. The van der Waals surface area contributed by atoms with Crippen LogP contribution in [0.3, 0.4) is 0 Å². The van der Waals surface area contributed by atoms with Gasteiger partial charge in [-0.25, -0.2) is 14.7 Å². The van der Waals surface area contributed by atoms with Gasteiger partial charge < -0.3 is 39.8 Å². The van der Waals surface area contributed by atoms with Crippen LogP contribution in [0.5, 0.6) is 23.0 Å². The van der Waals surface area contributed by atoms with E-state index in [2.05, 4.69) is 10.6 Å². The zero-order chi connectivity index (χ0) is 33.6. The number of amides is 1. The number of ether oxygens (including phenoxy) is 4. The Balaban J connectivity index is 0.904. The number of phenols is 2. The summed E-state index contributed by atoms with van der Waals surface area (Å²) in [5, 5.41) is 32.9. The smallest absolute Gasteiger partial charge is 0.430 e. The number of nitrogens with zero attached hydrogens (tertiary/aromatic N) is 1. The Morgan fingerprint density at radius 3 is 2.29 bits per heavy atom. The maximum atomic E-state index is 13.3. The number of rotatable bonds is 10. The number of carbonyl (C=O) groups excluding carboxylic acids is 2. The number of hydrogen-bond acceptors (Lipinski definition) is 11. The monoisotopic (exact) mass is 727 g/mol.